The van der Waals surface area contributed by atoms with Crippen molar-refractivity contribution in [3.8, 4) is 5.75 Å². The van der Waals surface area contributed by atoms with Crippen LogP contribution >= 0.6 is 0 Å². The molecule has 0 aliphatic heterocycles. The molecule has 0 bridgehead atoms. The Morgan fingerprint density at radius 1 is 1.26 bits per heavy atom. The summed E-state index contributed by atoms with van der Waals surface area (Å²) in [5.41, 5.74) is 0.707. The molecule has 23 heavy (non-hydrogen) atoms. The molecule has 0 saturated carbocycles. The number of hydrogen-bond acceptors (Lipinski definition) is 4. The Kier molecular flexibility index (Phi) is 5.00. The molecule has 2 amide bonds. The number of rotatable bonds is 5. The van der Waals surface area contributed by atoms with E-state index in [-0.39, 0.29) is 12.3 Å². The molecule has 2 N–H and O–H groups in total. The molecular formula is C16H17FN2O4. The van der Waals surface area contributed by atoms with Crippen LogP contribution in [-0.2, 0) is 4.79 Å². The van der Waals surface area contributed by atoms with Crippen molar-refractivity contribution in [2.75, 3.05) is 19.0 Å². The number of anilines is 1. The predicted octanol–water partition coefficient (Wildman–Crippen LogP) is 2.41. The number of aryl methyl sites for hydroxylation is 2. The number of benzene rings is 1. The van der Waals surface area contributed by atoms with Crippen LogP contribution in [0, 0.1) is 19.7 Å². The standard InChI is InChI=1S/C16H17FN2O4/c1-9-6-12(10(2)23-9)16(21)18-8-15(20)19-13-5-4-11(17)7-14(13)22-3/h4-7H,8H2,1-3H3,(H,18,21)(H,19,20). The second kappa shape index (κ2) is 6.95. The van der Waals surface area contributed by atoms with Gasteiger partial charge in [0.1, 0.15) is 23.1 Å². The van der Waals surface area contributed by atoms with Crippen LogP contribution in [0.5, 0.6) is 5.75 Å². The van der Waals surface area contributed by atoms with Gasteiger partial charge in [0.2, 0.25) is 5.91 Å². The van der Waals surface area contributed by atoms with Gasteiger partial charge in [-0.1, -0.05) is 0 Å². The monoisotopic (exact) mass is 320 g/mol. The first-order chi connectivity index (χ1) is 10.9. The van der Waals surface area contributed by atoms with Gasteiger partial charge in [-0.15, -0.1) is 0 Å². The lowest BCUT2D eigenvalue weighted by Gasteiger charge is -2.10. The summed E-state index contributed by atoms with van der Waals surface area (Å²) in [5, 5.41) is 5.04. The maximum atomic E-state index is 13.1. The zero-order valence-electron chi connectivity index (χ0n) is 13.0. The summed E-state index contributed by atoms with van der Waals surface area (Å²) in [6.45, 7) is 3.17. The van der Waals surface area contributed by atoms with Gasteiger partial charge in [0.05, 0.1) is 24.9 Å². The molecule has 6 nitrogen and oxygen atoms in total. The Morgan fingerprint density at radius 2 is 2.00 bits per heavy atom. The molecule has 1 aromatic carbocycles. The van der Waals surface area contributed by atoms with Crippen molar-refractivity contribution in [1.82, 2.24) is 5.32 Å². The van der Waals surface area contributed by atoms with Crippen LogP contribution in [0.3, 0.4) is 0 Å². The van der Waals surface area contributed by atoms with E-state index >= 15 is 0 Å². The number of nitrogens with one attached hydrogen (secondary N) is 2. The molecule has 0 saturated heterocycles. The van der Waals surface area contributed by atoms with E-state index in [1.54, 1.807) is 19.9 Å². The SMILES string of the molecule is COc1cc(F)ccc1NC(=O)CNC(=O)c1cc(C)oc1C. The summed E-state index contributed by atoms with van der Waals surface area (Å²) < 4.78 is 23.3. The van der Waals surface area contributed by atoms with Crippen LogP contribution in [0.1, 0.15) is 21.9 Å². The number of methoxy groups -OCH3 is 1. The third-order valence-electron chi connectivity index (χ3n) is 3.13. The highest BCUT2D eigenvalue weighted by Crippen LogP contribution is 2.24. The van der Waals surface area contributed by atoms with E-state index in [0.717, 1.165) is 6.07 Å². The van der Waals surface area contributed by atoms with Crippen LogP contribution in [0.25, 0.3) is 0 Å². The third kappa shape index (κ3) is 4.09. The van der Waals surface area contributed by atoms with Crippen molar-refractivity contribution < 1.29 is 23.1 Å². The third-order valence-corrected chi connectivity index (χ3v) is 3.13. The number of carbonyl (C=O) groups is 2. The van der Waals surface area contributed by atoms with Crippen molar-refractivity contribution in [2.24, 2.45) is 0 Å². The van der Waals surface area contributed by atoms with Crippen LogP contribution < -0.4 is 15.4 Å². The Morgan fingerprint density at radius 3 is 2.61 bits per heavy atom. The number of furan rings is 1. The predicted molar refractivity (Wildman–Crippen MR) is 82.1 cm³/mol. The topological polar surface area (TPSA) is 80.6 Å². The summed E-state index contributed by atoms with van der Waals surface area (Å²) in [4.78, 5) is 23.9. The van der Waals surface area contributed by atoms with Gasteiger partial charge in [-0.2, -0.15) is 0 Å². The molecule has 7 heteroatoms. The molecule has 2 aromatic rings. The molecule has 1 aromatic heterocycles. The van der Waals surface area contributed by atoms with Gasteiger partial charge in [-0.3, -0.25) is 9.59 Å². The average molecular weight is 320 g/mol. The summed E-state index contributed by atoms with van der Waals surface area (Å²) in [7, 11) is 1.37. The molecule has 0 aliphatic carbocycles. The van der Waals surface area contributed by atoms with Crippen molar-refractivity contribution in [1.29, 1.82) is 0 Å². The van der Waals surface area contributed by atoms with E-state index in [2.05, 4.69) is 10.6 Å². The maximum absolute atomic E-state index is 13.1. The number of carbonyl (C=O) groups excluding carboxylic acids is 2. The summed E-state index contributed by atoms with van der Waals surface area (Å²) in [6, 6.07) is 5.35. The Bertz CT molecular complexity index is 740. The van der Waals surface area contributed by atoms with Crippen LogP contribution in [0.4, 0.5) is 10.1 Å². The van der Waals surface area contributed by atoms with Gasteiger partial charge < -0.3 is 19.8 Å². The van der Waals surface area contributed by atoms with Crippen LogP contribution in [0.15, 0.2) is 28.7 Å². The van der Waals surface area contributed by atoms with Crippen LogP contribution in [-0.4, -0.2) is 25.5 Å². The van der Waals surface area contributed by atoms with E-state index in [9.17, 15) is 14.0 Å². The molecule has 0 atom stereocenters. The van der Waals surface area contributed by atoms with E-state index in [1.165, 1.54) is 19.2 Å². The molecule has 2 rings (SSSR count). The Labute approximate surface area is 132 Å². The van der Waals surface area contributed by atoms with Gasteiger partial charge in [0.25, 0.3) is 5.91 Å². The Balaban J connectivity index is 1.95. The van der Waals surface area contributed by atoms with Gasteiger partial charge >= 0.3 is 0 Å². The van der Waals surface area contributed by atoms with Crippen molar-refractivity contribution >= 4 is 17.5 Å². The smallest absolute Gasteiger partial charge is 0.255 e. The van der Waals surface area contributed by atoms with Gasteiger partial charge in [-0.05, 0) is 32.0 Å². The highest BCUT2D eigenvalue weighted by atomic mass is 19.1. The first kappa shape index (κ1) is 16.5. The van der Waals surface area contributed by atoms with Gasteiger partial charge in [-0.25, -0.2) is 4.39 Å². The maximum Gasteiger partial charge on any atom is 0.255 e. The number of hydrogen-bond donors (Lipinski definition) is 2. The summed E-state index contributed by atoms with van der Waals surface area (Å²) in [5.74, 6) is -0.0274. The van der Waals surface area contributed by atoms with E-state index < -0.39 is 17.6 Å². The average Bonchev–Trinajstić information content (AvgIpc) is 2.85. The highest BCUT2D eigenvalue weighted by Gasteiger charge is 2.15. The van der Waals surface area contributed by atoms with E-state index in [0.29, 0.717) is 22.8 Å². The lowest BCUT2D eigenvalue weighted by molar-refractivity contribution is -0.115. The summed E-state index contributed by atoms with van der Waals surface area (Å²) >= 11 is 0. The zero-order valence-corrected chi connectivity index (χ0v) is 13.0. The van der Waals surface area contributed by atoms with Gasteiger partial charge in [0, 0.05) is 6.07 Å². The second-order valence-corrected chi connectivity index (χ2v) is 4.90. The molecule has 0 radical (unpaired) electrons. The minimum absolute atomic E-state index is 0.200. The normalized spacial score (nSPS) is 10.3. The van der Waals surface area contributed by atoms with E-state index in [4.69, 9.17) is 9.15 Å². The molecule has 0 spiro atoms. The molecule has 0 unspecified atom stereocenters. The quantitative estimate of drug-likeness (QED) is 0.886. The highest BCUT2D eigenvalue weighted by molar-refractivity contribution is 6.00. The lowest BCUT2D eigenvalue weighted by atomic mass is 10.2. The Hall–Kier alpha value is -2.83. The fourth-order valence-corrected chi connectivity index (χ4v) is 2.07. The fourth-order valence-electron chi connectivity index (χ4n) is 2.07. The molecule has 1 heterocycles. The molecular weight excluding hydrogens is 303 g/mol. The van der Waals surface area contributed by atoms with Crippen molar-refractivity contribution in [2.45, 2.75) is 13.8 Å². The number of amides is 2. The largest absolute Gasteiger partial charge is 0.494 e. The van der Waals surface area contributed by atoms with Crippen molar-refractivity contribution in [3.05, 3.63) is 47.2 Å². The molecule has 0 aliphatic rings. The van der Waals surface area contributed by atoms with E-state index in [1.807, 2.05) is 0 Å². The second-order valence-electron chi connectivity index (χ2n) is 4.90. The minimum Gasteiger partial charge on any atom is -0.494 e. The van der Waals surface area contributed by atoms with Crippen molar-refractivity contribution in [3.63, 3.8) is 0 Å². The first-order valence-corrected chi connectivity index (χ1v) is 6.89. The number of halogens is 1. The molecule has 0 fully saturated rings. The first-order valence-electron chi connectivity index (χ1n) is 6.89. The number of ether oxygens (including phenoxy) is 1. The van der Waals surface area contributed by atoms with Gasteiger partial charge in [0.15, 0.2) is 0 Å². The lowest BCUT2D eigenvalue weighted by Crippen LogP contribution is -2.33. The molecule has 122 valence electrons. The zero-order chi connectivity index (χ0) is 17.0. The summed E-state index contributed by atoms with van der Waals surface area (Å²) in [6.07, 6.45) is 0. The minimum atomic E-state index is -0.473. The fraction of sp³-hybridized carbons (Fsp3) is 0.250. The van der Waals surface area contributed by atoms with Crippen LogP contribution in [0.2, 0.25) is 0 Å².